The Morgan fingerprint density at radius 3 is 2.41 bits per heavy atom. The van der Waals surface area contributed by atoms with Crippen molar-refractivity contribution in [3.05, 3.63) is 52.9 Å². The molecule has 0 radical (unpaired) electrons. The molecule has 0 spiro atoms. The summed E-state index contributed by atoms with van der Waals surface area (Å²) in [4.78, 5) is 0. The molecule has 3 nitrogen and oxygen atoms in total. The second kappa shape index (κ2) is 9.42. The molecular weight excluding hydrogens is 274 g/mol. The standard InChI is InChI=1S/C19H27NO2/c1-16-9-11-18(12-10-16)7-6-14-21-13-5-3-4-8-19-15-17(2)22-20-19/h9-12,15H,3-8,13-14H2,1-2H3. The van der Waals surface area contributed by atoms with Crippen LogP contribution in [0, 0.1) is 13.8 Å². The maximum absolute atomic E-state index is 5.70. The van der Waals surface area contributed by atoms with Crippen molar-refractivity contribution in [1.82, 2.24) is 5.16 Å². The number of hydrogen-bond donors (Lipinski definition) is 0. The zero-order chi connectivity index (χ0) is 15.6. The van der Waals surface area contributed by atoms with Crippen LogP contribution in [0.15, 0.2) is 34.9 Å². The van der Waals surface area contributed by atoms with Crippen LogP contribution in [-0.4, -0.2) is 18.4 Å². The van der Waals surface area contributed by atoms with E-state index in [0.717, 1.165) is 56.8 Å². The molecule has 0 aliphatic rings. The van der Waals surface area contributed by atoms with Crippen LogP contribution in [0.3, 0.4) is 0 Å². The molecule has 0 N–H and O–H groups in total. The number of benzene rings is 1. The molecule has 0 aliphatic heterocycles. The minimum absolute atomic E-state index is 0.857. The zero-order valence-electron chi connectivity index (χ0n) is 13.8. The van der Waals surface area contributed by atoms with Crippen LogP contribution in [0.5, 0.6) is 0 Å². The van der Waals surface area contributed by atoms with Gasteiger partial charge in [-0.2, -0.15) is 0 Å². The molecule has 2 rings (SSSR count). The third kappa shape index (κ3) is 6.44. The Morgan fingerprint density at radius 1 is 0.909 bits per heavy atom. The molecule has 0 aliphatic carbocycles. The van der Waals surface area contributed by atoms with E-state index in [2.05, 4.69) is 36.3 Å². The smallest absolute Gasteiger partial charge is 0.133 e. The molecule has 0 amide bonds. The highest BCUT2D eigenvalue weighted by Crippen LogP contribution is 2.08. The molecule has 3 heteroatoms. The summed E-state index contributed by atoms with van der Waals surface area (Å²) < 4.78 is 10.8. The fraction of sp³-hybridized carbons (Fsp3) is 0.526. The van der Waals surface area contributed by atoms with Crippen LogP contribution < -0.4 is 0 Å². The summed E-state index contributed by atoms with van der Waals surface area (Å²) in [5.74, 6) is 0.895. The number of rotatable bonds is 10. The molecule has 0 saturated heterocycles. The molecule has 1 aromatic heterocycles. The normalized spacial score (nSPS) is 11.0. The highest BCUT2D eigenvalue weighted by Gasteiger charge is 2.00. The van der Waals surface area contributed by atoms with Crippen molar-refractivity contribution in [2.24, 2.45) is 0 Å². The summed E-state index contributed by atoms with van der Waals surface area (Å²) in [6.45, 7) is 5.78. The van der Waals surface area contributed by atoms with E-state index in [1.807, 2.05) is 13.0 Å². The van der Waals surface area contributed by atoms with E-state index in [0.29, 0.717) is 0 Å². The monoisotopic (exact) mass is 301 g/mol. The Bertz CT molecular complexity index is 531. The van der Waals surface area contributed by atoms with Crippen molar-refractivity contribution in [1.29, 1.82) is 0 Å². The van der Waals surface area contributed by atoms with Gasteiger partial charge in [0.2, 0.25) is 0 Å². The molecule has 0 fully saturated rings. The first-order valence-corrected chi connectivity index (χ1v) is 8.29. The summed E-state index contributed by atoms with van der Waals surface area (Å²) >= 11 is 0. The number of aryl methyl sites for hydroxylation is 4. The van der Waals surface area contributed by atoms with Gasteiger partial charge in [-0.1, -0.05) is 41.4 Å². The van der Waals surface area contributed by atoms with E-state index in [1.165, 1.54) is 17.5 Å². The zero-order valence-corrected chi connectivity index (χ0v) is 13.8. The predicted octanol–water partition coefficient (Wildman–Crippen LogP) is 4.65. The van der Waals surface area contributed by atoms with E-state index in [1.54, 1.807) is 0 Å². The molecule has 120 valence electrons. The third-order valence-electron chi connectivity index (χ3n) is 3.77. The van der Waals surface area contributed by atoms with E-state index in [-0.39, 0.29) is 0 Å². The second-order valence-electron chi connectivity index (χ2n) is 5.94. The third-order valence-corrected chi connectivity index (χ3v) is 3.77. The van der Waals surface area contributed by atoms with Gasteiger partial charge in [0, 0.05) is 19.3 Å². The van der Waals surface area contributed by atoms with Gasteiger partial charge < -0.3 is 9.26 Å². The lowest BCUT2D eigenvalue weighted by Gasteiger charge is -2.05. The van der Waals surface area contributed by atoms with Gasteiger partial charge in [0.1, 0.15) is 5.76 Å². The Balaban J connectivity index is 1.42. The first-order chi connectivity index (χ1) is 10.7. The maximum Gasteiger partial charge on any atom is 0.133 e. The van der Waals surface area contributed by atoms with E-state index >= 15 is 0 Å². The van der Waals surface area contributed by atoms with Crippen LogP contribution in [0.4, 0.5) is 0 Å². The average Bonchev–Trinajstić information content (AvgIpc) is 2.93. The van der Waals surface area contributed by atoms with Crippen LogP contribution in [0.1, 0.15) is 48.3 Å². The molecule has 0 atom stereocenters. The molecule has 0 unspecified atom stereocenters. The lowest BCUT2D eigenvalue weighted by Crippen LogP contribution is -1.99. The van der Waals surface area contributed by atoms with Gasteiger partial charge in [0.05, 0.1) is 5.69 Å². The highest BCUT2D eigenvalue weighted by atomic mass is 16.5. The van der Waals surface area contributed by atoms with Crippen molar-refractivity contribution < 1.29 is 9.26 Å². The summed E-state index contributed by atoms with van der Waals surface area (Å²) in [7, 11) is 0. The fourth-order valence-electron chi connectivity index (χ4n) is 2.46. The van der Waals surface area contributed by atoms with Gasteiger partial charge in [-0.05, 0) is 51.5 Å². The van der Waals surface area contributed by atoms with Gasteiger partial charge in [0.25, 0.3) is 0 Å². The van der Waals surface area contributed by atoms with Gasteiger partial charge >= 0.3 is 0 Å². The van der Waals surface area contributed by atoms with Gasteiger partial charge in [-0.25, -0.2) is 0 Å². The van der Waals surface area contributed by atoms with Crippen molar-refractivity contribution in [3.63, 3.8) is 0 Å². The van der Waals surface area contributed by atoms with Gasteiger partial charge in [-0.3, -0.25) is 0 Å². The Morgan fingerprint density at radius 2 is 1.68 bits per heavy atom. The molecule has 22 heavy (non-hydrogen) atoms. The van der Waals surface area contributed by atoms with E-state index in [4.69, 9.17) is 9.26 Å². The summed E-state index contributed by atoms with van der Waals surface area (Å²) in [5.41, 5.74) is 3.79. The Labute approximate surface area is 133 Å². The second-order valence-corrected chi connectivity index (χ2v) is 5.94. The molecular formula is C19H27NO2. The molecule has 0 bridgehead atoms. The quantitative estimate of drug-likeness (QED) is 0.599. The predicted molar refractivity (Wildman–Crippen MR) is 89.1 cm³/mol. The van der Waals surface area contributed by atoms with Gasteiger partial charge in [-0.15, -0.1) is 0 Å². The van der Waals surface area contributed by atoms with Crippen LogP contribution in [-0.2, 0) is 17.6 Å². The fourth-order valence-corrected chi connectivity index (χ4v) is 2.46. The van der Waals surface area contributed by atoms with Gasteiger partial charge in [0.15, 0.2) is 0 Å². The molecule has 1 heterocycles. The van der Waals surface area contributed by atoms with Crippen molar-refractivity contribution >= 4 is 0 Å². The summed E-state index contributed by atoms with van der Waals surface area (Å²) in [6.07, 6.45) is 6.67. The average molecular weight is 301 g/mol. The topological polar surface area (TPSA) is 35.3 Å². The lowest BCUT2D eigenvalue weighted by atomic mass is 10.1. The van der Waals surface area contributed by atoms with Crippen molar-refractivity contribution in [3.8, 4) is 0 Å². The SMILES string of the molecule is Cc1ccc(CCCOCCCCCc2cc(C)on2)cc1. The first kappa shape index (κ1) is 16.8. The largest absolute Gasteiger partial charge is 0.381 e. The van der Waals surface area contributed by atoms with Crippen molar-refractivity contribution in [2.45, 2.75) is 52.4 Å². The number of unbranched alkanes of at least 4 members (excludes halogenated alkanes) is 2. The highest BCUT2D eigenvalue weighted by molar-refractivity contribution is 5.21. The van der Waals surface area contributed by atoms with E-state index < -0.39 is 0 Å². The number of hydrogen-bond acceptors (Lipinski definition) is 3. The Hall–Kier alpha value is -1.61. The van der Waals surface area contributed by atoms with Crippen LogP contribution >= 0.6 is 0 Å². The Kier molecular flexibility index (Phi) is 7.17. The first-order valence-electron chi connectivity index (χ1n) is 8.29. The van der Waals surface area contributed by atoms with Crippen LogP contribution in [0.25, 0.3) is 0 Å². The minimum atomic E-state index is 0.857. The molecule has 2 aromatic rings. The number of nitrogens with zero attached hydrogens (tertiary/aromatic N) is 1. The summed E-state index contributed by atoms with van der Waals surface area (Å²) in [5, 5.41) is 4.00. The molecule has 0 saturated carbocycles. The maximum atomic E-state index is 5.70. The van der Waals surface area contributed by atoms with Crippen LogP contribution in [0.2, 0.25) is 0 Å². The van der Waals surface area contributed by atoms with E-state index in [9.17, 15) is 0 Å². The van der Waals surface area contributed by atoms with Crippen molar-refractivity contribution in [2.75, 3.05) is 13.2 Å². The minimum Gasteiger partial charge on any atom is -0.381 e. The molecule has 1 aromatic carbocycles. The number of aromatic nitrogens is 1. The lowest BCUT2D eigenvalue weighted by molar-refractivity contribution is 0.128. The number of ether oxygens (including phenoxy) is 1. The summed E-state index contributed by atoms with van der Waals surface area (Å²) in [6, 6.07) is 10.8.